The maximum atomic E-state index is 9.07. The zero-order chi connectivity index (χ0) is 14.7. The number of imidazole rings is 1. The van der Waals surface area contributed by atoms with E-state index in [9.17, 15) is 0 Å². The Balaban J connectivity index is 2.08. The molecule has 0 aliphatic rings. The lowest BCUT2D eigenvalue weighted by Crippen LogP contribution is -2.06. The Morgan fingerprint density at radius 1 is 1.05 bits per heavy atom. The van der Waals surface area contributed by atoms with E-state index < -0.39 is 0 Å². The van der Waals surface area contributed by atoms with E-state index in [1.165, 1.54) is 5.56 Å². The number of nitrogens with zero attached hydrogens (tertiary/aromatic N) is 2. The zero-order valence-electron chi connectivity index (χ0n) is 11.7. The number of hydrogen-bond acceptors (Lipinski definition) is 2. The molecule has 3 rings (SSSR count). The first-order valence-corrected chi connectivity index (χ1v) is 7.46. The zero-order valence-corrected chi connectivity index (χ0v) is 12.4. The molecule has 3 aromatic rings. The van der Waals surface area contributed by atoms with Crippen LogP contribution in [0, 0.1) is 0 Å². The summed E-state index contributed by atoms with van der Waals surface area (Å²) in [5, 5.41) is 9.79. The van der Waals surface area contributed by atoms with Crippen LogP contribution in [0.2, 0.25) is 5.02 Å². The summed E-state index contributed by atoms with van der Waals surface area (Å²) in [7, 11) is 0. The van der Waals surface area contributed by atoms with E-state index in [2.05, 4.69) is 21.7 Å². The molecule has 2 aromatic carbocycles. The molecular weight excluding hydrogens is 284 g/mol. The smallest absolute Gasteiger partial charge is 0.110 e. The molecule has 1 aromatic heterocycles. The second-order valence-corrected chi connectivity index (χ2v) is 5.44. The molecule has 0 amide bonds. The van der Waals surface area contributed by atoms with Gasteiger partial charge < -0.3 is 9.67 Å². The molecule has 1 N–H and O–H groups in total. The van der Waals surface area contributed by atoms with Crippen LogP contribution in [0.1, 0.15) is 17.8 Å². The summed E-state index contributed by atoms with van der Waals surface area (Å²) in [5.41, 5.74) is 3.09. The van der Waals surface area contributed by atoms with Gasteiger partial charge in [0.2, 0.25) is 0 Å². The second-order valence-electron chi connectivity index (χ2n) is 5.03. The van der Waals surface area contributed by atoms with Gasteiger partial charge in [-0.2, -0.15) is 0 Å². The summed E-state index contributed by atoms with van der Waals surface area (Å²) < 4.78 is 2.16. The molecule has 0 spiro atoms. The highest BCUT2D eigenvalue weighted by Crippen LogP contribution is 2.26. The highest BCUT2D eigenvalue weighted by molar-refractivity contribution is 6.35. The van der Waals surface area contributed by atoms with Gasteiger partial charge in [0.25, 0.3) is 0 Å². The molecule has 0 saturated carbocycles. The van der Waals surface area contributed by atoms with Gasteiger partial charge in [-0.3, -0.25) is 0 Å². The summed E-state index contributed by atoms with van der Waals surface area (Å²) in [5.74, 6) is 0.969. The molecular formula is C17H17ClN2O. The maximum Gasteiger partial charge on any atom is 0.110 e. The SMILES string of the molecule is OCCCc1nc2cccc(Cl)c2n1Cc1ccccc1. The molecule has 21 heavy (non-hydrogen) atoms. The molecule has 0 unspecified atom stereocenters. The average Bonchev–Trinajstić information content (AvgIpc) is 2.85. The Labute approximate surface area is 128 Å². The molecule has 0 aliphatic carbocycles. The van der Waals surface area contributed by atoms with Gasteiger partial charge in [0.1, 0.15) is 5.82 Å². The first kappa shape index (κ1) is 14.1. The van der Waals surface area contributed by atoms with E-state index in [-0.39, 0.29) is 6.61 Å². The van der Waals surface area contributed by atoms with E-state index in [1.807, 2.05) is 36.4 Å². The van der Waals surface area contributed by atoms with Crippen LogP contribution in [0.4, 0.5) is 0 Å². The summed E-state index contributed by atoms with van der Waals surface area (Å²) in [6, 6.07) is 16.0. The molecule has 0 radical (unpaired) electrons. The summed E-state index contributed by atoms with van der Waals surface area (Å²) >= 11 is 6.37. The lowest BCUT2D eigenvalue weighted by atomic mass is 10.2. The van der Waals surface area contributed by atoms with Crippen molar-refractivity contribution in [2.24, 2.45) is 0 Å². The molecule has 108 valence electrons. The predicted octanol–water partition coefficient (Wildman–Crippen LogP) is 3.66. The lowest BCUT2D eigenvalue weighted by Gasteiger charge is -2.10. The fourth-order valence-electron chi connectivity index (χ4n) is 2.55. The molecule has 0 aliphatic heterocycles. The van der Waals surface area contributed by atoms with E-state index in [0.29, 0.717) is 11.4 Å². The van der Waals surface area contributed by atoms with E-state index >= 15 is 0 Å². The Morgan fingerprint density at radius 3 is 2.62 bits per heavy atom. The Hall–Kier alpha value is -1.84. The number of para-hydroxylation sites is 1. The second kappa shape index (κ2) is 6.29. The van der Waals surface area contributed by atoms with Gasteiger partial charge in [-0.05, 0) is 24.1 Å². The van der Waals surface area contributed by atoms with Crippen LogP contribution in [0.15, 0.2) is 48.5 Å². The van der Waals surface area contributed by atoms with Gasteiger partial charge in [0.15, 0.2) is 0 Å². The van der Waals surface area contributed by atoms with Crippen molar-refractivity contribution in [2.75, 3.05) is 6.61 Å². The number of halogens is 1. The Kier molecular flexibility index (Phi) is 4.23. The van der Waals surface area contributed by atoms with Crippen LogP contribution in [-0.4, -0.2) is 21.3 Å². The van der Waals surface area contributed by atoms with Gasteiger partial charge >= 0.3 is 0 Å². The van der Waals surface area contributed by atoms with Crippen molar-refractivity contribution < 1.29 is 5.11 Å². The largest absolute Gasteiger partial charge is 0.396 e. The summed E-state index contributed by atoms with van der Waals surface area (Å²) in [6.07, 6.45) is 1.45. The Bertz CT molecular complexity index is 737. The lowest BCUT2D eigenvalue weighted by molar-refractivity contribution is 0.287. The third-order valence-corrected chi connectivity index (χ3v) is 3.84. The van der Waals surface area contributed by atoms with Crippen LogP contribution in [0.3, 0.4) is 0 Å². The van der Waals surface area contributed by atoms with Crippen LogP contribution in [0.5, 0.6) is 0 Å². The van der Waals surface area contributed by atoms with Crippen LogP contribution in [-0.2, 0) is 13.0 Å². The summed E-state index contributed by atoms with van der Waals surface area (Å²) in [4.78, 5) is 4.67. The number of benzene rings is 2. The number of rotatable bonds is 5. The quantitative estimate of drug-likeness (QED) is 0.781. The van der Waals surface area contributed by atoms with E-state index in [1.54, 1.807) is 0 Å². The predicted molar refractivity (Wildman–Crippen MR) is 85.7 cm³/mol. The fourth-order valence-corrected chi connectivity index (χ4v) is 2.83. The average molecular weight is 301 g/mol. The number of hydrogen-bond donors (Lipinski definition) is 1. The third-order valence-electron chi connectivity index (χ3n) is 3.54. The summed E-state index contributed by atoms with van der Waals surface area (Å²) in [6.45, 7) is 0.907. The van der Waals surface area contributed by atoms with Crippen LogP contribution < -0.4 is 0 Å². The molecule has 4 heteroatoms. The van der Waals surface area contributed by atoms with Crippen molar-refractivity contribution in [1.82, 2.24) is 9.55 Å². The molecule has 3 nitrogen and oxygen atoms in total. The van der Waals surface area contributed by atoms with Crippen LogP contribution >= 0.6 is 11.6 Å². The molecule has 0 bridgehead atoms. The highest BCUT2D eigenvalue weighted by atomic mass is 35.5. The minimum Gasteiger partial charge on any atom is -0.396 e. The number of aryl methyl sites for hydroxylation is 1. The normalized spacial score (nSPS) is 11.1. The standard InChI is InChI=1S/C17H17ClN2O/c18-14-8-4-9-15-17(14)20(16(19-15)10-5-11-21)12-13-6-2-1-3-7-13/h1-4,6-9,21H,5,10-12H2. The van der Waals surface area contributed by atoms with Crippen molar-refractivity contribution in [3.05, 3.63) is 64.9 Å². The minimum absolute atomic E-state index is 0.169. The molecule has 1 heterocycles. The monoisotopic (exact) mass is 300 g/mol. The number of fused-ring (bicyclic) bond motifs is 1. The first-order valence-electron chi connectivity index (χ1n) is 7.08. The molecule has 0 saturated heterocycles. The van der Waals surface area contributed by atoms with E-state index in [0.717, 1.165) is 29.8 Å². The minimum atomic E-state index is 0.169. The van der Waals surface area contributed by atoms with Gasteiger partial charge in [0, 0.05) is 19.6 Å². The van der Waals surface area contributed by atoms with Crippen molar-refractivity contribution in [2.45, 2.75) is 19.4 Å². The van der Waals surface area contributed by atoms with Crippen molar-refractivity contribution in [3.8, 4) is 0 Å². The molecule has 0 fully saturated rings. The third kappa shape index (κ3) is 2.94. The van der Waals surface area contributed by atoms with Crippen molar-refractivity contribution in [1.29, 1.82) is 0 Å². The van der Waals surface area contributed by atoms with Gasteiger partial charge in [-0.15, -0.1) is 0 Å². The molecule has 0 atom stereocenters. The van der Waals surface area contributed by atoms with Gasteiger partial charge in [-0.25, -0.2) is 4.98 Å². The first-order chi connectivity index (χ1) is 10.3. The fraction of sp³-hybridized carbons (Fsp3) is 0.235. The number of aromatic nitrogens is 2. The Morgan fingerprint density at radius 2 is 1.86 bits per heavy atom. The van der Waals surface area contributed by atoms with Crippen molar-refractivity contribution >= 4 is 22.6 Å². The number of aliphatic hydroxyl groups is 1. The highest BCUT2D eigenvalue weighted by Gasteiger charge is 2.13. The van der Waals surface area contributed by atoms with Gasteiger partial charge in [-0.1, -0.05) is 48.0 Å². The maximum absolute atomic E-state index is 9.07. The number of aliphatic hydroxyl groups excluding tert-OH is 1. The van der Waals surface area contributed by atoms with E-state index in [4.69, 9.17) is 16.7 Å². The topological polar surface area (TPSA) is 38.1 Å². The van der Waals surface area contributed by atoms with Crippen LogP contribution in [0.25, 0.3) is 11.0 Å². The van der Waals surface area contributed by atoms with Gasteiger partial charge in [0.05, 0.1) is 16.1 Å². The van der Waals surface area contributed by atoms with Crippen molar-refractivity contribution in [3.63, 3.8) is 0 Å².